The van der Waals surface area contributed by atoms with Gasteiger partial charge in [-0.3, -0.25) is 9.69 Å². The largest absolute Gasteiger partial charge is 0.478 e. The van der Waals surface area contributed by atoms with E-state index in [1.807, 2.05) is 78.9 Å². The molecule has 0 aliphatic carbocycles. The predicted octanol–water partition coefficient (Wildman–Crippen LogP) is 6.12. The first-order valence-electron chi connectivity index (χ1n) is 10.4. The average Bonchev–Trinajstić information content (AvgIpc) is 3.45. The maximum atomic E-state index is 13.4. The van der Waals surface area contributed by atoms with Crippen molar-refractivity contribution < 1.29 is 19.1 Å². The van der Waals surface area contributed by atoms with Gasteiger partial charge in [0.25, 0.3) is 5.91 Å². The van der Waals surface area contributed by atoms with Crippen molar-refractivity contribution in [3.8, 4) is 11.3 Å². The Labute approximate surface area is 190 Å². The van der Waals surface area contributed by atoms with Gasteiger partial charge in [0.05, 0.1) is 11.3 Å². The van der Waals surface area contributed by atoms with Crippen molar-refractivity contribution in [1.29, 1.82) is 0 Å². The molecule has 1 amide bonds. The van der Waals surface area contributed by atoms with Crippen molar-refractivity contribution in [3.05, 3.63) is 126 Å². The van der Waals surface area contributed by atoms with E-state index in [-0.39, 0.29) is 11.5 Å². The van der Waals surface area contributed by atoms with E-state index in [0.29, 0.717) is 22.7 Å². The van der Waals surface area contributed by atoms with Crippen molar-refractivity contribution >= 4 is 29.3 Å². The lowest BCUT2D eigenvalue weighted by atomic mass is 10.1. The van der Waals surface area contributed by atoms with Crippen LogP contribution in [0.3, 0.4) is 0 Å². The molecule has 4 aromatic rings. The summed E-state index contributed by atoms with van der Waals surface area (Å²) in [5.41, 5.74) is 3.78. The number of carboxylic acid groups (broad SMARTS) is 1. The normalized spacial score (nSPS) is 14.5. The van der Waals surface area contributed by atoms with E-state index >= 15 is 0 Å². The fourth-order valence-electron chi connectivity index (χ4n) is 3.79. The van der Waals surface area contributed by atoms with Crippen molar-refractivity contribution in [3.63, 3.8) is 0 Å². The van der Waals surface area contributed by atoms with Gasteiger partial charge in [-0.1, -0.05) is 60.7 Å². The molecule has 5 heteroatoms. The lowest BCUT2D eigenvalue weighted by molar-refractivity contribution is -0.113. The Morgan fingerprint density at radius 1 is 0.788 bits per heavy atom. The highest BCUT2D eigenvalue weighted by molar-refractivity contribution is 6.23. The zero-order valence-corrected chi connectivity index (χ0v) is 17.5. The number of carbonyl (C=O) groups excluding carboxylic acids is 1. The van der Waals surface area contributed by atoms with Gasteiger partial charge in [0.2, 0.25) is 0 Å². The molecule has 1 aliphatic rings. The van der Waals surface area contributed by atoms with Gasteiger partial charge in [-0.15, -0.1) is 0 Å². The minimum Gasteiger partial charge on any atom is -0.478 e. The number of furan rings is 1. The van der Waals surface area contributed by atoms with Crippen molar-refractivity contribution in [2.24, 2.45) is 0 Å². The molecule has 5 rings (SSSR count). The van der Waals surface area contributed by atoms with Crippen LogP contribution in [0.1, 0.15) is 21.7 Å². The second-order valence-electron chi connectivity index (χ2n) is 7.56. The zero-order chi connectivity index (χ0) is 22.8. The van der Waals surface area contributed by atoms with Crippen LogP contribution >= 0.6 is 0 Å². The Kier molecular flexibility index (Phi) is 5.21. The lowest BCUT2D eigenvalue weighted by Crippen LogP contribution is -2.25. The molecule has 0 fully saturated rings. The van der Waals surface area contributed by atoms with E-state index in [4.69, 9.17) is 4.42 Å². The number of amides is 1. The smallest absolute Gasteiger partial charge is 0.335 e. The van der Waals surface area contributed by atoms with E-state index in [9.17, 15) is 14.7 Å². The highest BCUT2D eigenvalue weighted by atomic mass is 16.4. The van der Waals surface area contributed by atoms with Crippen molar-refractivity contribution in [2.75, 3.05) is 4.90 Å². The van der Waals surface area contributed by atoms with Gasteiger partial charge in [0.1, 0.15) is 11.5 Å². The van der Waals surface area contributed by atoms with E-state index in [1.54, 1.807) is 23.1 Å². The van der Waals surface area contributed by atoms with Crippen LogP contribution in [-0.4, -0.2) is 17.0 Å². The first kappa shape index (κ1) is 20.3. The molecule has 33 heavy (non-hydrogen) atoms. The van der Waals surface area contributed by atoms with Crippen LogP contribution in [0.15, 0.2) is 113 Å². The Balaban J connectivity index is 1.54. The minimum absolute atomic E-state index is 0.162. The van der Waals surface area contributed by atoms with E-state index < -0.39 is 5.97 Å². The van der Waals surface area contributed by atoms with Gasteiger partial charge < -0.3 is 9.52 Å². The number of aromatic carboxylic acids is 1. The summed E-state index contributed by atoms with van der Waals surface area (Å²) in [7, 11) is 0. The highest BCUT2D eigenvalue weighted by Crippen LogP contribution is 2.35. The second-order valence-corrected chi connectivity index (χ2v) is 7.56. The Hall–Kier alpha value is -4.64. The first-order valence-corrected chi connectivity index (χ1v) is 10.4. The van der Waals surface area contributed by atoms with Crippen molar-refractivity contribution in [1.82, 2.24) is 0 Å². The maximum Gasteiger partial charge on any atom is 0.335 e. The summed E-state index contributed by atoms with van der Waals surface area (Å²) in [6.45, 7) is 0. The maximum absolute atomic E-state index is 13.4. The topological polar surface area (TPSA) is 70.8 Å². The average molecular weight is 433 g/mol. The lowest BCUT2D eigenvalue weighted by Gasteiger charge is -2.21. The molecule has 2 heterocycles. The second kappa shape index (κ2) is 8.48. The fraction of sp³-hybridized carbons (Fsp3) is 0. The molecule has 5 nitrogen and oxygen atoms in total. The summed E-state index contributed by atoms with van der Waals surface area (Å²) in [6, 6.07) is 29.3. The summed E-state index contributed by atoms with van der Waals surface area (Å²) in [5, 5.41) is 9.20. The van der Waals surface area contributed by atoms with Crippen LogP contribution in [0.25, 0.3) is 23.1 Å². The third kappa shape index (κ3) is 4.00. The van der Waals surface area contributed by atoms with Crippen molar-refractivity contribution in [2.45, 2.75) is 0 Å². The standard InChI is InChI=1S/C28H19NO4/c30-27-22(17-24-15-16-26(33-24)20-9-5-2-6-10-20)18-25(19-7-3-1-4-8-19)29(27)23-13-11-21(12-14-23)28(31)32/h1-18H,(H,31,32)/b22-17+. The van der Waals surface area contributed by atoms with E-state index in [1.165, 1.54) is 12.1 Å². The molecule has 3 aromatic carbocycles. The van der Waals surface area contributed by atoms with Gasteiger partial charge in [-0.2, -0.15) is 0 Å². The number of benzene rings is 3. The number of hydrogen-bond acceptors (Lipinski definition) is 3. The summed E-state index contributed by atoms with van der Waals surface area (Å²) < 4.78 is 5.96. The third-order valence-electron chi connectivity index (χ3n) is 5.41. The van der Waals surface area contributed by atoms with Gasteiger partial charge >= 0.3 is 5.97 Å². The summed E-state index contributed by atoms with van der Waals surface area (Å²) >= 11 is 0. The number of hydrogen-bond donors (Lipinski definition) is 1. The molecule has 0 unspecified atom stereocenters. The molecular weight excluding hydrogens is 414 g/mol. The quantitative estimate of drug-likeness (QED) is 0.385. The third-order valence-corrected chi connectivity index (χ3v) is 5.41. The molecule has 0 radical (unpaired) electrons. The van der Waals surface area contributed by atoms with Gasteiger partial charge in [0.15, 0.2) is 0 Å². The number of rotatable bonds is 5. The molecule has 0 saturated carbocycles. The molecule has 0 bridgehead atoms. The molecule has 1 aromatic heterocycles. The van der Waals surface area contributed by atoms with Crippen LogP contribution in [0, 0.1) is 0 Å². The molecule has 0 atom stereocenters. The molecule has 0 saturated heterocycles. The first-order chi connectivity index (χ1) is 16.1. The number of carbonyl (C=O) groups is 2. The number of nitrogens with zero attached hydrogens (tertiary/aromatic N) is 1. The number of anilines is 1. The van der Waals surface area contributed by atoms with Gasteiger partial charge in [0, 0.05) is 16.8 Å². The summed E-state index contributed by atoms with van der Waals surface area (Å²) in [5.74, 6) is 0.0700. The minimum atomic E-state index is -1.01. The van der Waals surface area contributed by atoms with Gasteiger partial charge in [-0.25, -0.2) is 4.79 Å². The molecule has 1 N–H and O–H groups in total. The van der Waals surface area contributed by atoms with Crippen LogP contribution < -0.4 is 4.90 Å². The van der Waals surface area contributed by atoms with Gasteiger partial charge in [-0.05, 0) is 54.1 Å². The summed E-state index contributed by atoms with van der Waals surface area (Å²) in [6.07, 6.45) is 3.55. The molecule has 160 valence electrons. The Bertz CT molecular complexity index is 1380. The molecule has 0 spiro atoms. The monoisotopic (exact) mass is 433 g/mol. The summed E-state index contributed by atoms with van der Waals surface area (Å²) in [4.78, 5) is 26.3. The van der Waals surface area contributed by atoms with Crippen LogP contribution in [0.4, 0.5) is 5.69 Å². The van der Waals surface area contributed by atoms with Crippen LogP contribution in [0.5, 0.6) is 0 Å². The SMILES string of the molecule is O=C(O)c1ccc(N2C(=O)/C(=C/c3ccc(-c4ccccc4)o3)C=C2c2ccccc2)cc1. The molecule has 1 aliphatic heterocycles. The Morgan fingerprint density at radius 3 is 2.06 bits per heavy atom. The number of carboxylic acids is 1. The highest BCUT2D eigenvalue weighted by Gasteiger charge is 2.30. The molecular formula is C28H19NO4. The Morgan fingerprint density at radius 2 is 1.42 bits per heavy atom. The van der Waals surface area contributed by atoms with E-state index in [0.717, 1.165) is 16.9 Å². The zero-order valence-electron chi connectivity index (χ0n) is 17.5. The van der Waals surface area contributed by atoms with Crippen LogP contribution in [-0.2, 0) is 4.79 Å². The van der Waals surface area contributed by atoms with E-state index in [2.05, 4.69) is 0 Å². The fourth-order valence-corrected chi connectivity index (χ4v) is 3.79. The van der Waals surface area contributed by atoms with Crippen LogP contribution in [0.2, 0.25) is 0 Å². The predicted molar refractivity (Wildman–Crippen MR) is 127 cm³/mol.